The molecule has 0 saturated carbocycles. The van der Waals surface area contributed by atoms with Gasteiger partial charge in [-0.3, -0.25) is 0 Å². The molecule has 104 valence electrons. The molecule has 0 aliphatic rings. The van der Waals surface area contributed by atoms with Crippen LogP contribution in [0.3, 0.4) is 0 Å². The molecule has 0 fully saturated rings. The molecule has 0 atom stereocenters. The van der Waals surface area contributed by atoms with Crippen LogP contribution in [0.2, 0.25) is 0 Å². The third-order valence-corrected chi connectivity index (χ3v) is 3.52. The Morgan fingerprint density at radius 3 is 1.82 bits per heavy atom. The van der Waals surface area contributed by atoms with Crippen molar-refractivity contribution in [2.24, 2.45) is 0 Å². The maximum atomic E-state index is 8.95. The fourth-order valence-electron chi connectivity index (χ4n) is 2.39. The van der Waals surface area contributed by atoms with Gasteiger partial charge in [-0.15, -0.1) is 0 Å². The second-order valence-electron chi connectivity index (χ2n) is 5.02. The van der Waals surface area contributed by atoms with Crippen LogP contribution in [-0.4, -0.2) is 0 Å². The SMILES string of the molecule is N#Cc1ccc(/C(=C\c2ccccc2)c2ccccc2)cc1. The van der Waals surface area contributed by atoms with Crippen molar-refractivity contribution < 1.29 is 0 Å². The van der Waals surface area contributed by atoms with Crippen LogP contribution in [0.1, 0.15) is 22.3 Å². The summed E-state index contributed by atoms with van der Waals surface area (Å²) >= 11 is 0. The van der Waals surface area contributed by atoms with Gasteiger partial charge in [0.25, 0.3) is 0 Å². The van der Waals surface area contributed by atoms with Gasteiger partial charge in [0.2, 0.25) is 0 Å². The third-order valence-electron chi connectivity index (χ3n) is 3.52. The maximum absolute atomic E-state index is 8.95. The summed E-state index contributed by atoms with van der Waals surface area (Å²) in [4.78, 5) is 0. The van der Waals surface area contributed by atoms with E-state index in [4.69, 9.17) is 5.26 Å². The van der Waals surface area contributed by atoms with E-state index in [2.05, 4.69) is 36.4 Å². The average molecular weight is 281 g/mol. The molecule has 3 aromatic rings. The molecule has 1 nitrogen and oxygen atoms in total. The predicted molar refractivity (Wildman–Crippen MR) is 91.0 cm³/mol. The lowest BCUT2D eigenvalue weighted by Gasteiger charge is -2.09. The lowest BCUT2D eigenvalue weighted by atomic mass is 9.95. The molecule has 3 rings (SSSR count). The number of benzene rings is 3. The first kappa shape index (κ1) is 13.9. The fourth-order valence-corrected chi connectivity index (χ4v) is 2.39. The molecule has 3 aromatic carbocycles. The summed E-state index contributed by atoms with van der Waals surface area (Å²) in [5, 5.41) is 8.95. The number of nitriles is 1. The number of nitrogens with zero attached hydrogens (tertiary/aromatic N) is 1. The summed E-state index contributed by atoms with van der Waals surface area (Å²) in [5.74, 6) is 0. The first-order valence-corrected chi connectivity index (χ1v) is 7.19. The van der Waals surface area contributed by atoms with E-state index in [1.54, 1.807) is 0 Å². The summed E-state index contributed by atoms with van der Waals surface area (Å²) in [6.07, 6.45) is 2.18. The number of rotatable bonds is 3. The van der Waals surface area contributed by atoms with E-state index in [-0.39, 0.29) is 0 Å². The van der Waals surface area contributed by atoms with Crippen LogP contribution in [0.4, 0.5) is 0 Å². The molecule has 0 aliphatic carbocycles. The Morgan fingerprint density at radius 2 is 1.23 bits per heavy atom. The van der Waals surface area contributed by atoms with Crippen molar-refractivity contribution in [2.75, 3.05) is 0 Å². The van der Waals surface area contributed by atoms with E-state index in [9.17, 15) is 0 Å². The van der Waals surface area contributed by atoms with Crippen LogP contribution < -0.4 is 0 Å². The summed E-state index contributed by atoms with van der Waals surface area (Å²) in [6, 6.07) is 30.4. The Morgan fingerprint density at radius 1 is 0.682 bits per heavy atom. The van der Waals surface area contributed by atoms with E-state index in [0.717, 1.165) is 22.3 Å². The summed E-state index contributed by atoms with van der Waals surface area (Å²) in [6.45, 7) is 0. The molecule has 0 aromatic heterocycles. The Balaban J connectivity index is 2.11. The second kappa shape index (κ2) is 6.56. The van der Waals surface area contributed by atoms with Crippen molar-refractivity contribution in [1.82, 2.24) is 0 Å². The zero-order valence-electron chi connectivity index (χ0n) is 12.1. The van der Waals surface area contributed by atoms with E-state index in [1.807, 2.05) is 60.7 Å². The molecule has 0 N–H and O–H groups in total. The Labute approximate surface area is 130 Å². The zero-order valence-corrected chi connectivity index (χ0v) is 12.1. The highest BCUT2D eigenvalue weighted by Crippen LogP contribution is 2.26. The summed E-state index contributed by atoms with van der Waals surface area (Å²) in [5.41, 5.74) is 5.25. The summed E-state index contributed by atoms with van der Waals surface area (Å²) < 4.78 is 0. The molecule has 0 amide bonds. The lowest BCUT2D eigenvalue weighted by Crippen LogP contribution is -1.88. The quantitative estimate of drug-likeness (QED) is 0.609. The standard InChI is InChI=1S/C21H15N/c22-16-18-11-13-20(14-12-18)21(19-9-5-2-6-10-19)15-17-7-3-1-4-8-17/h1-15H/b21-15-. The Bertz CT molecular complexity index is 807. The molecule has 0 radical (unpaired) electrons. The smallest absolute Gasteiger partial charge is 0.0991 e. The first-order chi connectivity index (χ1) is 10.9. The van der Waals surface area contributed by atoms with Crippen LogP contribution >= 0.6 is 0 Å². The van der Waals surface area contributed by atoms with Gasteiger partial charge in [-0.05, 0) is 40.5 Å². The van der Waals surface area contributed by atoms with E-state index in [1.165, 1.54) is 0 Å². The van der Waals surface area contributed by atoms with Crippen molar-refractivity contribution in [2.45, 2.75) is 0 Å². The predicted octanol–water partition coefficient (Wildman–Crippen LogP) is 5.15. The van der Waals surface area contributed by atoms with Crippen LogP contribution in [0.25, 0.3) is 11.6 Å². The van der Waals surface area contributed by atoms with Gasteiger partial charge in [-0.1, -0.05) is 72.8 Å². The highest BCUT2D eigenvalue weighted by molar-refractivity contribution is 5.91. The van der Waals surface area contributed by atoms with E-state index >= 15 is 0 Å². The Kier molecular flexibility index (Phi) is 4.13. The lowest BCUT2D eigenvalue weighted by molar-refractivity contribution is 1.47. The highest BCUT2D eigenvalue weighted by atomic mass is 14.2. The minimum atomic E-state index is 0.677. The normalized spacial score (nSPS) is 11.0. The highest BCUT2D eigenvalue weighted by Gasteiger charge is 2.05. The van der Waals surface area contributed by atoms with E-state index < -0.39 is 0 Å². The monoisotopic (exact) mass is 281 g/mol. The van der Waals surface area contributed by atoms with Crippen LogP contribution in [0.5, 0.6) is 0 Å². The van der Waals surface area contributed by atoms with Crippen molar-refractivity contribution in [1.29, 1.82) is 5.26 Å². The van der Waals surface area contributed by atoms with Gasteiger partial charge in [-0.2, -0.15) is 5.26 Å². The van der Waals surface area contributed by atoms with Gasteiger partial charge in [0.1, 0.15) is 0 Å². The molecule has 0 bridgehead atoms. The Hall–Kier alpha value is -3.11. The molecular formula is C21H15N. The molecule has 0 saturated heterocycles. The van der Waals surface area contributed by atoms with Crippen LogP contribution in [0.15, 0.2) is 84.9 Å². The van der Waals surface area contributed by atoms with Gasteiger partial charge < -0.3 is 0 Å². The minimum absolute atomic E-state index is 0.677. The molecular weight excluding hydrogens is 266 g/mol. The largest absolute Gasteiger partial charge is 0.192 e. The molecule has 0 spiro atoms. The maximum Gasteiger partial charge on any atom is 0.0991 e. The molecule has 22 heavy (non-hydrogen) atoms. The van der Waals surface area contributed by atoms with Crippen LogP contribution in [0, 0.1) is 11.3 Å². The van der Waals surface area contributed by atoms with Gasteiger partial charge in [0.15, 0.2) is 0 Å². The van der Waals surface area contributed by atoms with Gasteiger partial charge in [0.05, 0.1) is 11.6 Å². The van der Waals surface area contributed by atoms with Gasteiger partial charge >= 0.3 is 0 Å². The first-order valence-electron chi connectivity index (χ1n) is 7.19. The fraction of sp³-hybridized carbons (Fsp3) is 0. The van der Waals surface area contributed by atoms with Crippen molar-refractivity contribution >= 4 is 11.6 Å². The average Bonchev–Trinajstić information content (AvgIpc) is 2.61. The van der Waals surface area contributed by atoms with Crippen molar-refractivity contribution in [3.63, 3.8) is 0 Å². The van der Waals surface area contributed by atoms with Gasteiger partial charge in [0, 0.05) is 0 Å². The zero-order chi connectivity index (χ0) is 15.2. The summed E-state index contributed by atoms with van der Waals surface area (Å²) in [7, 11) is 0. The van der Waals surface area contributed by atoms with E-state index in [0.29, 0.717) is 5.56 Å². The third kappa shape index (κ3) is 3.13. The molecule has 0 unspecified atom stereocenters. The molecule has 0 aliphatic heterocycles. The van der Waals surface area contributed by atoms with Crippen LogP contribution in [-0.2, 0) is 0 Å². The minimum Gasteiger partial charge on any atom is -0.192 e. The van der Waals surface area contributed by atoms with Gasteiger partial charge in [-0.25, -0.2) is 0 Å². The number of hydrogen-bond acceptors (Lipinski definition) is 1. The number of hydrogen-bond donors (Lipinski definition) is 0. The molecule has 0 heterocycles. The second-order valence-corrected chi connectivity index (χ2v) is 5.02. The van der Waals surface area contributed by atoms with Crippen molar-refractivity contribution in [3.05, 3.63) is 107 Å². The van der Waals surface area contributed by atoms with Crippen molar-refractivity contribution in [3.8, 4) is 6.07 Å². The molecule has 1 heteroatoms. The topological polar surface area (TPSA) is 23.8 Å².